The highest BCUT2D eigenvalue weighted by atomic mass is 19.1. The van der Waals surface area contributed by atoms with Crippen molar-refractivity contribution in [2.75, 3.05) is 27.2 Å². The van der Waals surface area contributed by atoms with Crippen LogP contribution in [0.15, 0.2) is 24.3 Å². The Morgan fingerprint density at radius 1 is 1.30 bits per heavy atom. The van der Waals surface area contributed by atoms with Gasteiger partial charge in [-0.3, -0.25) is 0 Å². The van der Waals surface area contributed by atoms with Gasteiger partial charge in [-0.05, 0) is 30.4 Å². The highest BCUT2D eigenvalue weighted by Crippen LogP contribution is 2.37. The molecular weight excluding hydrogens is 257 g/mol. The minimum absolute atomic E-state index is 0.0790. The molecule has 1 saturated carbocycles. The molecule has 0 saturated heterocycles. The van der Waals surface area contributed by atoms with Gasteiger partial charge in [0.05, 0.1) is 0 Å². The number of halogens is 1. The van der Waals surface area contributed by atoms with Crippen LogP contribution in [-0.4, -0.2) is 44.2 Å². The van der Waals surface area contributed by atoms with Crippen molar-refractivity contribution in [3.63, 3.8) is 0 Å². The molecule has 0 radical (unpaired) electrons. The third-order valence-corrected chi connectivity index (χ3v) is 3.72. The van der Waals surface area contributed by atoms with Crippen molar-refractivity contribution in [3.05, 3.63) is 35.6 Å². The van der Waals surface area contributed by atoms with E-state index in [1.165, 1.54) is 11.0 Å². The highest BCUT2D eigenvalue weighted by molar-refractivity contribution is 5.73. The molecule has 5 heteroatoms. The lowest BCUT2D eigenvalue weighted by Crippen LogP contribution is -2.45. The number of hydrogen-bond acceptors (Lipinski definition) is 2. The van der Waals surface area contributed by atoms with E-state index in [9.17, 15) is 9.18 Å². The third-order valence-electron chi connectivity index (χ3n) is 3.72. The molecule has 0 bridgehead atoms. The Balaban J connectivity index is 1.63. The van der Waals surface area contributed by atoms with Gasteiger partial charge in [0.15, 0.2) is 0 Å². The first-order chi connectivity index (χ1) is 9.58. The Hall–Kier alpha value is -1.62. The van der Waals surface area contributed by atoms with Crippen LogP contribution in [0.4, 0.5) is 9.18 Å². The third kappa shape index (κ3) is 3.70. The molecule has 2 rings (SSSR count). The first-order valence-electron chi connectivity index (χ1n) is 7.01. The van der Waals surface area contributed by atoms with Crippen molar-refractivity contribution < 1.29 is 9.18 Å². The smallest absolute Gasteiger partial charge is 0.316 e. The molecule has 1 aromatic rings. The van der Waals surface area contributed by atoms with Gasteiger partial charge in [0.25, 0.3) is 0 Å². The van der Waals surface area contributed by atoms with E-state index in [-0.39, 0.29) is 11.8 Å². The summed E-state index contributed by atoms with van der Waals surface area (Å²) in [6.45, 7) is 1.35. The SMILES string of the molecule is CN(C)C(=O)NCCNC1CC(c2ccccc2F)C1. The summed E-state index contributed by atoms with van der Waals surface area (Å²) in [7, 11) is 3.43. The fourth-order valence-electron chi connectivity index (χ4n) is 2.45. The van der Waals surface area contributed by atoms with Crippen LogP contribution >= 0.6 is 0 Å². The fraction of sp³-hybridized carbons (Fsp3) is 0.533. The van der Waals surface area contributed by atoms with Crippen LogP contribution in [0.25, 0.3) is 0 Å². The lowest BCUT2D eigenvalue weighted by Gasteiger charge is -2.36. The van der Waals surface area contributed by atoms with E-state index >= 15 is 0 Å². The van der Waals surface area contributed by atoms with Crippen LogP contribution in [0, 0.1) is 5.82 Å². The molecular formula is C15H22FN3O. The molecule has 4 nitrogen and oxygen atoms in total. The van der Waals surface area contributed by atoms with E-state index in [0.717, 1.165) is 24.9 Å². The van der Waals surface area contributed by atoms with Crippen molar-refractivity contribution in [3.8, 4) is 0 Å². The second kappa shape index (κ2) is 6.70. The summed E-state index contributed by atoms with van der Waals surface area (Å²) >= 11 is 0. The van der Waals surface area contributed by atoms with E-state index in [2.05, 4.69) is 10.6 Å². The monoisotopic (exact) mass is 279 g/mol. The standard InChI is InChI=1S/C15H22FN3O/c1-19(2)15(20)18-8-7-17-12-9-11(10-12)13-5-3-4-6-14(13)16/h3-6,11-12,17H,7-10H2,1-2H3,(H,18,20). The first-order valence-corrected chi connectivity index (χ1v) is 7.01. The summed E-state index contributed by atoms with van der Waals surface area (Å²) in [5.74, 6) is 0.222. The van der Waals surface area contributed by atoms with Crippen LogP contribution in [0.5, 0.6) is 0 Å². The number of rotatable bonds is 5. The number of carbonyl (C=O) groups is 1. The van der Waals surface area contributed by atoms with Gasteiger partial charge >= 0.3 is 6.03 Å². The number of amides is 2. The van der Waals surface area contributed by atoms with Crippen LogP contribution < -0.4 is 10.6 Å². The topological polar surface area (TPSA) is 44.4 Å². The average molecular weight is 279 g/mol. The number of nitrogens with one attached hydrogen (secondary N) is 2. The lowest BCUT2D eigenvalue weighted by atomic mass is 9.75. The number of nitrogens with zero attached hydrogens (tertiary/aromatic N) is 1. The molecule has 20 heavy (non-hydrogen) atoms. The summed E-state index contributed by atoms with van der Waals surface area (Å²) in [5.41, 5.74) is 0.825. The van der Waals surface area contributed by atoms with Crippen molar-refractivity contribution in [1.29, 1.82) is 0 Å². The molecule has 2 N–H and O–H groups in total. The Morgan fingerprint density at radius 2 is 2.00 bits per heavy atom. The van der Waals surface area contributed by atoms with E-state index in [0.29, 0.717) is 18.5 Å². The molecule has 0 unspecified atom stereocenters. The average Bonchev–Trinajstić information content (AvgIpc) is 2.37. The van der Waals surface area contributed by atoms with Crippen molar-refractivity contribution >= 4 is 6.03 Å². The van der Waals surface area contributed by atoms with Crippen molar-refractivity contribution in [2.45, 2.75) is 24.8 Å². The fourth-order valence-corrected chi connectivity index (χ4v) is 2.45. The van der Waals surface area contributed by atoms with Gasteiger partial charge in [-0.25, -0.2) is 9.18 Å². The summed E-state index contributed by atoms with van der Waals surface area (Å²) in [4.78, 5) is 12.8. The minimum atomic E-state index is -0.103. The Labute approximate surface area is 119 Å². The molecule has 110 valence electrons. The Bertz CT molecular complexity index is 458. The first kappa shape index (κ1) is 14.8. The molecule has 1 aliphatic rings. The van der Waals surface area contributed by atoms with Gasteiger partial charge in [-0.1, -0.05) is 18.2 Å². The maximum atomic E-state index is 13.6. The maximum Gasteiger partial charge on any atom is 0.316 e. The minimum Gasteiger partial charge on any atom is -0.337 e. The van der Waals surface area contributed by atoms with Crippen LogP contribution in [0.3, 0.4) is 0 Å². The number of urea groups is 1. The molecule has 2 amide bonds. The Morgan fingerprint density at radius 3 is 2.65 bits per heavy atom. The molecule has 0 heterocycles. The predicted octanol–water partition coefficient (Wildman–Crippen LogP) is 1.93. The van der Waals surface area contributed by atoms with Gasteiger partial charge in [-0.15, -0.1) is 0 Å². The predicted molar refractivity (Wildman–Crippen MR) is 77.3 cm³/mol. The second-order valence-corrected chi connectivity index (χ2v) is 5.47. The summed E-state index contributed by atoms with van der Waals surface area (Å²) in [6.07, 6.45) is 1.92. The zero-order valence-electron chi connectivity index (χ0n) is 12.0. The van der Waals surface area contributed by atoms with Gasteiger partial charge in [-0.2, -0.15) is 0 Å². The number of benzene rings is 1. The molecule has 0 atom stereocenters. The lowest BCUT2D eigenvalue weighted by molar-refractivity contribution is 0.216. The molecule has 1 aromatic carbocycles. The van der Waals surface area contributed by atoms with E-state index < -0.39 is 0 Å². The normalized spacial score (nSPS) is 21.1. The summed E-state index contributed by atoms with van der Waals surface area (Å²) in [5, 5.41) is 6.18. The van der Waals surface area contributed by atoms with Crippen molar-refractivity contribution in [1.82, 2.24) is 15.5 Å². The largest absolute Gasteiger partial charge is 0.337 e. The molecule has 0 spiro atoms. The number of hydrogen-bond donors (Lipinski definition) is 2. The highest BCUT2D eigenvalue weighted by Gasteiger charge is 2.31. The van der Waals surface area contributed by atoms with Gasteiger partial charge in [0, 0.05) is 33.2 Å². The zero-order chi connectivity index (χ0) is 14.5. The van der Waals surface area contributed by atoms with Crippen LogP contribution in [0.1, 0.15) is 24.3 Å². The van der Waals surface area contributed by atoms with Gasteiger partial charge < -0.3 is 15.5 Å². The second-order valence-electron chi connectivity index (χ2n) is 5.47. The van der Waals surface area contributed by atoms with E-state index in [1.807, 2.05) is 12.1 Å². The zero-order valence-corrected chi connectivity index (χ0v) is 12.0. The maximum absolute atomic E-state index is 13.6. The van der Waals surface area contributed by atoms with Crippen LogP contribution in [-0.2, 0) is 0 Å². The quantitative estimate of drug-likeness (QED) is 0.809. The Kier molecular flexibility index (Phi) is 4.95. The number of carbonyl (C=O) groups excluding carboxylic acids is 1. The van der Waals surface area contributed by atoms with Crippen molar-refractivity contribution in [2.24, 2.45) is 0 Å². The molecule has 1 aliphatic carbocycles. The summed E-state index contributed by atoms with van der Waals surface area (Å²) in [6, 6.07) is 7.34. The van der Waals surface area contributed by atoms with Gasteiger partial charge in [0.2, 0.25) is 0 Å². The molecule has 0 aliphatic heterocycles. The van der Waals surface area contributed by atoms with E-state index in [1.54, 1.807) is 20.2 Å². The molecule has 0 aromatic heterocycles. The van der Waals surface area contributed by atoms with Crippen LogP contribution in [0.2, 0.25) is 0 Å². The van der Waals surface area contributed by atoms with Gasteiger partial charge in [0.1, 0.15) is 5.82 Å². The molecule has 1 fully saturated rings. The van der Waals surface area contributed by atoms with E-state index in [4.69, 9.17) is 0 Å². The summed E-state index contributed by atoms with van der Waals surface area (Å²) < 4.78 is 13.6.